The third kappa shape index (κ3) is 2.50. The topological polar surface area (TPSA) is 81.2 Å². The molecule has 6 heteroatoms. The Bertz CT molecular complexity index is 879. The Hall–Kier alpha value is -2.63. The molecular weight excluding hydrogens is 296 g/mol. The highest BCUT2D eigenvalue weighted by atomic mass is 16.5. The average Bonchev–Trinajstić information content (AvgIpc) is 2.93. The van der Waals surface area contributed by atoms with Gasteiger partial charge in [0.1, 0.15) is 5.56 Å². The first kappa shape index (κ1) is 15.3. The van der Waals surface area contributed by atoms with E-state index in [1.807, 2.05) is 25.1 Å². The Labute approximate surface area is 132 Å². The maximum absolute atomic E-state index is 12.6. The highest BCUT2D eigenvalue weighted by Crippen LogP contribution is 2.34. The number of fused-ring (bicyclic) bond motifs is 1. The summed E-state index contributed by atoms with van der Waals surface area (Å²) in [4.78, 5) is 39.2. The number of aromatic nitrogens is 2. The predicted molar refractivity (Wildman–Crippen MR) is 84.9 cm³/mol. The Kier molecular flexibility index (Phi) is 3.90. The number of aryl methyl sites for hydroxylation is 1. The second-order valence-electron chi connectivity index (χ2n) is 5.60. The van der Waals surface area contributed by atoms with Crippen LogP contribution in [0.15, 0.2) is 34.0 Å². The number of carbonyl (C=O) groups excluding carboxylic acids is 1. The van der Waals surface area contributed by atoms with E-state index in [1.165, 1.54) is 5.56 Å². The minimum Gasteiger partial charge on any atom is -0.462 e. The lowest BCUT2D eigenvalue weighted by Crippen LogP contribution is -2.40. The highest BCUT2D eigenvalue weighted by molar-refractivity contribution is 5.88. The van der Waals surface area contributed by atoms with E-state index in [4.69, 9.17) is 4.74 Å². The number of aromatic amines is 1. The van der Waals surface area contributed by atoms with Crippen LogP contribution < -0.4 is 11.2 Å². The zero-order chi connectivity index (χ0) is 16.6. The van der Waals surface area contributed by atoms with Gasteiger partial charge in [0.15, 0.2) is 0 Å². The molecule has 0 saturated heterocycles. The monoisotopic (exact) mass is 314 g/mol. The van der Waals surface area contributed by atoms with Crippen LogP contribution in [-0.4, -0.2) is 22.1 Å². The number of nitrogens with zero attached hydrogens (tertiary/aromatic N) is 1. The number of hydrogen-bond donors (Lipinski definition) is 1. The van der Waals surface area contributed by atoms with Gasteiger partial charge in [-0.1, -0.05) is 18.2 Å². The Morgan fingerprint density at radius 3 is 2.91 bits per heavy atom. The number of esters is 1. The lowest BCUT2D eigenvalue weighted by Gasteiger charge is -2.15. The van der Waals surface area contributed by atoms with E-state index in [1.54, 1.807) is 6.92 Å². The van der Waals surface area contributed by atoms with E-state index in [-0.39, 0.29) is 18.2 Å². The van der Waals surface area contributed by atoms with E-state index in [0.29, 0.717) is 6.42 Å². The molecule has 1 N–H and O–H groups in total. The molecule has 23 heavy (non-hydrogen) atoms. The zero-order valence-corrected chi connectivity index (χ0v) is 13.1. The van der Waals surface area contributed by atoms with Crippen molar-refractivity contribution < 1.29 is 9.53 Å². The summed E-state index contributed by atoms with van der Waals surface area (Å²) in [6.45, 7) is 3.85. The highest BCUT2D eigenvalue weighted by Gasteiger charge is 2.29. The van der Waals surface area contributed by atoms with Gasteiger partial charge >= 0.3 is 11.7 Å². The molecule has 6 nitrogen and oxygen atoms in total. The fraction of sp³-hybridized carbons (Fsp3) is 0.353. The van der Waals surface area contributed by atoms with E-state index in [2.05, 4.69) is 4.98 Å². The molecule has 0 amide bonds. The van der Waals surface area contributed by atoms with Crippen LogP contribution in [0.4, 0.5) is 0 Å². The van der Waals surface area contributed by atoms with Gasteiger partial charge in [0, 0.05) is 6.20 Å². The molecule has 1 aliphatic carbocycles. The molecule has 120 valence electrons. The van der Waals surface area contributed by atoms with E-state index in [0.717, 1.165) is 28.3 Å². The molecule has 3 rings (SSSR count). The number of hydrogen-bond acceptors (Lipinski definition) is 4. The van der Waals surface area contributed by atoms with Crippen molar-refractivity contribution in [2.24, 2.45) is 0 Å². The van der Waals surface area contributed by atoms with Gasteiger partial charge in [-0.3, -0.25) is 9.36 Å². The molecule has 0 fully saturated rings. The van der Waals surface area contributed by atoms with Crippen LogP contribution >= 0.6 is 0 Å². The van der Waals surface area contributed by atoms with Crippen LogP contribution in [0.25, 0.3) is 0 Å². The standard InChI is InChI=1S/C17H18N2O4/c1-3-23-16(21)13-9-18-17(22)19(15(13)20)14-8-7-11-10(2)5-4-6-12(11)14/h4-6,9,14H,3,7-8H2,1-2H3,(H,18,22). The van der Waals surface area contributed by atoms with Crippen LogP contribution in [0.1, 0.15) is 46.4 Å². The molecule has 1 aromatic carbocycles. The Morgan fingerprint density at radius 1 is 1.39 bits per heavy atom. The summed E-state index contributed by atoms with van der Waals surface area (Å²) in [5, 5.41) is 0. The van der Waals surface area contributed by atoms with E-state index >= 15 is 0 Å². The van der Waals surface area contributed by atoms with Crippen LogP contribution in [0, 0.1) is 6.92 Å². The molecule has 1 heterocycles. The SMILES string of the molecule is CCOC(=O)c1c[nH]c(=O)n(C2CCc3c(C)cccc32)c1=O. The fourth-order valence-corrected chi connectivity index (χ4v) is 3.21. The van der Waals surface area contributed by atoms with E-state index in [9.17, 15) is 14.4 Å². The summed E-state index contributed by atoms with van der Waals surface area (Å²) in [5.74, 6) is -0.718. The molecule has 0 bridgehead atoms. The molecule has 2 aromatic rings. The summed E-state index contributed by atoms with van der Waals surface area (Å²) in [5.41, 5.74) is 2.03. The van der Waals surface area contributed by atoms with Gasteiger partial charge in [0.05, 0.1) is 12.6 Å². The lowest BCUT2D eigenvalue weighted by atomic mass is 10.0. The predicted octanol–water partition coefficient (Wildman–Crippen LogP) is 1.56. The molecule has 1 unspecified atom stereocenters. The zero-order valence-electron chi connectivity index (χ0n) is 13.1. The van der Waals surface area contributed by atoms with Crippen LogP contribution in [0.3, 0.4) is 0 Å². The first-order valence-electron chi connectivity index (χ1n) is 7.64. The number of H-pyrrole nitrogens is 1. The van der Waals surface area contributed by atoms with Crippen molar-refractivity contribution in [3.8, 4) is 0 Å². The second-order valence-corrected chi connectivity index (χ2v) is 5.60. The summed E-state index contributed by atoms with van der Waals surface area (Å²) in [6, 6.07) is 5.52. The Morgan fingerprint density at radius 2 is 2.17 bits per heavy atom. The first-order chi connectivity index (χ1) is 11.0. The van der Waals surface area contributed by atoms with Gasteiger partial charge in [-0.25, -0.2) is 9.59 Å². The maximum atomic E-state index is 12.6. The Balaban J connectivity index is 2.14. The number of benzene rings is 1. The van der Waals surface area contributed by atoms with Gasteiger partial charge in [-0.05, 0) is 43.4 Å². The minimum absolute atomic E-state index is 0.146. The van der Waals surface area contributed by atoms with Crippen molar-refractivity contribution in [1.29, 1.82) is 0 Å². The smallest absolute Gasteiger partial charge is 0.345 e. The minimum atomic E-state index is -0.718. The normalized spacial score (nSPS) is 16.2. The van der Waals surface area contributed by atoms with Crippen LogP contribution in [-0.2, 0) is 11.2 Å². The second kappa shape index (κ2) is 5.87. The van der Waals surface area contributed by atoms with Crippen LogP contribution in [0.2, 0.25) is 0 Å². The summed E-state index contributed by atoms with van der Waals surface area (Å²) >= 11 is 0. The quantitative estimate of drug-likeness (QED) is 0.872. The maximum Gasteiger partial charge on any atom is 0.345 e. The molecule has 0 aliphatic heterocycles. The number of rotatable bonds is 3. The summed E-state index contributed by atoms with van der Waals surface area (Å²) < 4.78 is 6.02. The van der Waals surface area contributed by atoms with Crippen molar-refractivity contribution in [2.45, 2.75) is 32.7 Å². The van der Waals surface area contributed by atoms with Crippen molar-refractivity contribution in [1.82, 2.24) is 9.55 Å². The molecule has 1 aromatic heterocycles. The third-order valence-corrected chi connectivity index (χ3v) is 4.29. The van der Waals surface area contributed by atoms with Crippen molar-refractivity contribution in [2.75, 3.05) is 6.61 Å². The summed E-state index contributed by atoms with van der Waals surface area (Å²) in [7, 11) is 0. The molecular formula is C17H18N2O4. The number of carbonyl (C=O) groups is 1. The summed E-state index contributed by atoms with van der Waals surface area (Å²) in [6.07, 6.45) is 2.60. The van der Waals surface area contributed by atoms with Gasteiger partial charge in [-0.2, -0.15) is 0 Å². The van der Waals surface area contributed by atoms with Crippen LogP contribution in [0.5, 0.6) is 0 Å². The van der Waals surface area contributed by atoms with Gasteiger partial charge in [-0.15, -0.1) is 0 Å². The number of ether oxygens (including phenoxy) is 1. The molecule has 1 atom stereocenters. The largest absolute Gasteiger partial charge is 0.462 e. The van der Waals surface area contributed by atoms with Crippen molar-refractivity contribution in [3.05, 3.63) is 67.5 Å². The molecule has 0 spiro atoms. The number of nitrogens with one attached hydrogen (secondary N) is 1. The third-order valence-electron chi connectivity index (χ3n) is 4.29. The fourth-order valence-electron chi connectivity index (χ4n) is 3.21. The van der Waals surface area contributed by atoms with Gasteiger partial charge < -0.3 is 9.72 Å². The van der Waals surface area contributed by atoms with Crippen molar-refractivity contribution in [3.63, 3.8) is 0 Å². The van der Waals surface area contributed by atoms with Crippen molar-refractivity contribution >= 4 is 5.97 Å². The average molecular weight is 314 g/mol. The lowest BCUT2D eigenvalue weighted by molar-refractivity contribution is 0.0522. The molecule has 0 radical (unpaired) electrons. The van der Waals surface area contributed by atoms with E-state index < -0.39 is 17.2 Å². The van der Waals surface area contributed by atoms with Gasteiger partial charge in [0.25, 0.3) is 5.56 Å². The van der Waals surface area contributed by atoms with Gasteiger partial charge in [0.2, 0.25) is 0 Å². The first-order valence-corrected chi connectivity index (χ1v) is 7.64. The molecule has 0 saturated carbocycles. The molecule has 1 aliphatic rings.